The number of hydrogen-bond donors (Lipinski definition) is 3. The summed E-state index contributed by atoms with van der Waals surface area (Å²) in [7, 11) is 3.17. The molecule has 3 rings (SSSR count). The van der Waals surface area contributed by atoms with E-state index in [0.29, 0.717) is 17.1 Å². The smallest absolute Gasteiger partial charge is 0.256 e. The highest BCUT2D eigenvalue weighted by Gasteiger charge is 2.26. The Kier molecular flexibility index (Phi) is 7.14. The molecule has 0 radical (unpaired) electrons. The second kappa shape index (κ2) is 9.98. The van der Waals surface area contributed by atoms with Gasteiger partial charge in [-0.05, 0) is 43.1 Å². The fourth-order valence-corrected chi connectivity index (χ4v) is 3.30. The maximum Gasteiger partial charge on any atom is 0.256 e. The van der Waals surface area contributed by atoms with Crippen LogP contribution >= 0.6 is 0 Å². The fourth-order valence-electron chi connectivity index (χ4n) is 3.30. The van der Waals surface area contributed by atoms with E-state index in [0.717, 1.165) is 49.4 Å². The van der Waals surface area contributed by atoms with Crippen LogP contribution in [0.5, 0.6) is 11.5 Å². The van der Waals surface area contributed by atoms with E-state index in [1.165, 1.54) is 5.56 Å². The summed E-state index contributed by atoms with van der Waals surface area (Å²) >= 11 is 0. The van der Waals surface area contributed by atoms with E-state index in [2.05, 4.69) is 47.1 Å². The third-order valence-electron chi connectivity index (χ3n) is 4.84. The molecular weight excluding hydrogens is 366 g/mol. The summed E-state index contributed by atoms with van der Waals surface area (Å²) < 4.78 is 10.7. The third kappa shape index (κ3) is 5.09. The molecular formula is C23H29N3O3. The number of benzene rings is 2. The lowest BCUT2D eigenvalue weighted by atomic mass is 10.1. The quantitative estimate of drug-likeness (QED) is 0.418. The second-order valence-electron chi connectivity index (χ2n) is 6.91. The first-order chi connectivity index (χ1) is 14.2. The molecule has 2 aromatic rings. The van der Waals surface area contributed by atoms with Crippen molar-refractivity contribution in [3.8, 4) is 11.5 Å². The van der Waals surface area contributed by atoms with Crippen molar-refractivity contribution in [1.29, 1.82) is 0 Å². The summed E-state index contributed by atoms with van der Waals surface area (Å²) in [4.78, 5) is 12.4. The Balaban J connectivity index is 1.58. The highest BCUT2D eigenvalue weighted by Crippen LogP contribution is 2.40. The Morgan fingerprint density at radius 2 is 1.76 bits per heavy atom. The third-order valence-corrected chi connectivity index (χ3v) is 4.84. The molecule has 1 amide bonds. The van der Waals surface area contributed by atoms with Gasteiger partial charge in [-0.25, -0.2) is 0 Å². The lowest BCUT2D eigenvalue weighted by molar-refractivity contribution is -0.110. The van der Waals surface area contributed by atoms with E-state index >= 15 is 0 Å². The number of rotatable bonds is 10. The van der Waals surface area contributed by atoms with E-state index in [1.54, 1.807) is 20.3 Å². The molecule has 0 saturated heterocycles. The Labute approximate surface area is 172 Å². The number of carbonyl (C=O) groups excluding carboxylic acids is 1. The molecule has 0 bridgehead atoms. The first kappa shape index (κ1) is 20.7. The fraction of sp³-hybridized carbons (Fsp3) is 0.348. The zero-order valence-corrected chi connectivity index (χ0v) is 17.3. The summed E-state index contributed by atoms with van der Waals surface area (Å²) in [5.74, 6) is 1.11. The van der Waals surface area contributed by atoms with Crippen LogP contribution in [0.3, 0.4) is 0 Å². The molecule has 6 heteroatoms. The minimum absolute atomic E-state index is 0.0979. The molecule has 0 aliphatic carbocycles. The minimum Gasteiger partial charge on any atom is -0.493 e. The van der Waals surface area contributed by atoms with Crippen LogP contribution in [0.2, 0.25) is 0 Å². The molecule has 0 atom stereocenters. The normalized spacial score (nSPS) is 13.9. The number of hydrogen-bond acceptors (Lipinski definition) is 5. The summed E-state index contributed by atoms with van der Waals surface area (Å²) in [5.41, 5.74) is 4.61. The monoisotopic (exact) mass is 395 g/mol. The molecule has 1 heterocycles. The van der Waals surface area contributed by atoms with Crippen molar-refractivity contribution in [3.63, 3.8) is 0 Å². The average Bonchev–Trinajstić information content (AvgIpc) is 3.05. The number of methoxy groups -OCH3 is 2. The lowest BCUT2D eigenvalue weighted by Gasteiger charge is -2.09. The SMILES string of the molecule is CCCNCc1ccc(NCCC=C2C(=O)Nc3cc(OC)c(OC)cc32)cc1. The van der Waals surface area contributed by atoms with E-state index in [1.807, 2.05) is 12.1 Å². The van der Waals surface area contributed by atoms with E-state index in [4.69, 9.17) is 9.47 Å². The van der Waals surface area contributed by atoms with E-state index in [9.17, 15) is 4.79 Å². The number of fused-ring (bicyclic) bond motifs is 1. The highest BCUT2D eigenvalue weighted by molar-refractivity contribution is 6.31. The van der Waals surface area contributed by atoms with Gasteiger partial charge in [-0.15, -0.1) is 0 Å². The zero-order valence-electron chi connectivity index (χ0n) is 17.3. The lowest BCUT2D eigenvalue weighted by Crippen LogP contribution is -2.13. The van der Waals surface area contributed by atoms with Crippen LogP contribution in [-0.4, -0.2) is 33.2 Å². The first-order valence-corrected chi connectivity index (χ1v) is 9.97. The number of ether oxygens (including phenoxy) is 2. The van der Waals surface area contributed by atoms with Crippen molar-refractivity contribution in [2.75, 3.05) is 37.9 Å². The van der Waals surface area contributed by atoms with Gasteiger partial charge in [0.25, 0.3) is 5.91 Å². The molecule has 0 spiro atoms. The molecule has 0 unspecified atom stereocenters. The summed E-state index contributed by atoms with van der Waals surface area (Å²) in [6.45, 7) is 4.83. The van der Waals surface area contributed by atoms with Crippen molar-refractivity contribution in [2.45, 2.75) is 26.3 Å². The molecule has 0 fully saturated rings. The van der Waals surface area contributed by atoms with E-state index in [-0.39, 0.29) is 5.91 Å². The Bertz CT molecular complexity index is 876. The van der Waals surface area contributed by atoms with Gasteiger partial charge in [-0.1, -0.05) is 25.1 Å². The molecule has 2 aromatic carbocycles. The largest absolute Gasteiger partial charge is 0.493 e. The topological polar surface area (TPSA) is 71.6 Å². The molecule has 154 valence electrons. The van der Waals surface area contributed by atoms with Gasteiger partial charge in [0.05, 0.1) is 19.9 Å². The van der Waals surface area contributed by atoms with Gasteiger partial charge >= 0.3 is 0 Å². The molecule has 29 heavy (non-hydrogen) atoms. The molecule has 3 N–H and O–H groups in total. The Morgan fingerprint density at radius 3 is 2.45 bits per heavy atom. The van der Waals surface area contributed by atoms with Gasteiger partial charge in [0.2, 0.25) is 0 Å². The number of amides is 1. The molecule has 0 saturated carbocycles. The minimum atomic E-state index is -0.0979. The van der Waals surface area contributed by atoms with Gasteiger partial charge < -0.3 is 25.4 Å². The average molecular weight is 396 g/mol. The van der Waals surface area contributed by atoms with Crippen LogP contribution in [0.15, 0.2) is 42.5 Å². The zero-order chi connectivity index (χ0) is 20.6. The van der Waals surface area contributed by atoms with Crippen molar-refractivity contribution >= 4 is 22.9 Å². The summed E-state index contributed by atoms with van der Waals surface area (Å²) in [6.07, 6.45) is 3.83. The number of carbonyl (C=O) groups is 1. The second-order valence-corrected chi connectivity index (χ2v) is 6.91. The van der Waals surface area contributed by atoms with Gasteiger partial charge in [-0.2, -0.15) is 0 Å². The first-order valence-electron chi connectivity index (χ1n) is 9.97. The summed E-state index contributed by atoms with van der Waals surface area (Å²) in [5, 5.41) is 9.69. The van der Waals surface area contributed by atoms with Crippen LogP contribution < -0.4 is 25.4 Å². The van der Waals surface area contributed by atoms with Crippen LogP contribution in [0.25, 0.3) is 5.57 Å². The van der Waals surface area contributed by atoms with Gasteiger partial charge in [-0.3, -0.25) is 4.79 Å². The van der Waals surface area contributed by atoms with Crippen molar-refractivity contribution < 1.29 is 14.3 Å². The van der Waals surface area contributed by atoms with Crippen LogP contribution in [0.1, 0.15) is 30.9 Å². The standard InChI is InChI=1S/C23H29N3O3/c1-4-11-24-15-16-7-9-17(10-8-16)25-12-5-6-18-19-13-21(28-2)22(29-3)14-20(19)26-23(18)27/h6-10,13-14,24-25H,4-5,11-12,15H2,1-3H3,(H,26,27). The van der Waals surface area contributed by atoms with Crippen molar-refractivity contribution in [3.05, 3.63) is 53.6 Å². The van der Waals surface area contributed by atoms with E-state index < -0.39 is 0 Å². The van der Waals surface area contributed by atoms with Gasteiger partial charge in [0.15, 0.2) is 11.5 Å². The van der Waals surface area contributed by atoms with Gasteiger partial charge in [0.1, 0.15) is 0 Å². The Hall–Kier alpha value is -2.99. The number of anilines is 2. The molecule has 6 nitrogen and oxygen atoms in total. The van der Waals surface area contributed by atoms with Gasteiger partial charge in [0, 0.05) is 36.0 Å². The molecule has 1 aliphatic rings. The summed E-state index contributed by atoms with van der Waals surface area (Å²) in [6, 6.07) is 12.1. The number of nitrogens with one attached hydrogen (secondary N) is 3. The predicted octanol–water partition coefficient (Wildman–Crippen LogP) is 4.04. The van der Waals surface area contributed by atoms with Crippen LogP contribution in [-0.2, 0) is 11.3 Å². The molecule has 0 aromatic heterocycles. The Morgan fingerprint density at radius 1 is 1.03 bits per heavy atom. The van der Waals surface area contributed by atoms with Crippen molar-refractivity contribution in [2.24, 2.45) is 0 Å². The highest BCUT2D eigenvalue weighted by atomic mass is 16.5. The maximum absolute atomic E-state index is 12.4. The maximum atomic E-state index is 12.4. The van der Waals surface area contributed by atoms with Crippen LogP contribution in [0, 0.1) is 0 Å². The predicted molar refractivity (Wildman–Crippen MR) is 118 cm³/mol. The van der Waals surface area contributed by atoms with Crippen molar-refractivity contribution in [1.82, 2.24) is 5.32 Å². The van der Waals surface area contributed by atoms with Crippen LogP contribution in [0.4, 0.5) is 11.4 Å². The molecule has 1 aliphatic heterocycles.